The third-order valence-corrected chi connectivity index (χ3v) is 6.41. The van der Waals surface area contributed by atoms with Crippen molar-refractivity contribution < 1.29 is 18.7 Å². The Bertz CT molecular complexity index is 1580. The highest BCUT2D eigenvalue weighted by atomic mass is 19.1. The van der Waals surface area contributed by atoms with Gasteiger partial charge in [-0.15, -0.1) is 0 Å². The SMILES string of the molecule is COC(=O)c1cc(-c2c(C(C)C)n(-c3ccc(F)c(C)c3)c3ccc(OCc4ccccc4)cc23)n[nH]1. The first-order chi connectivity index (χ1) is 17.9. The molecule has 0 saturated heterocycles. The average Bonchev–Trinajstić information content (AvgIpc) is 3.52. The maximum absolute atomic E-state index is 14.2. The molecule has 0 amide bonds. The van der Waals surface area contributed by atoms with Gasteiger partial charge in [0.15, 0.2) is 0 Å². The Morgan fingerprint density at radius 2 is 1.84 bits per heavy atom. The zero-order valence-electron chi connectivity index (χ0n) is 21.2. The molecule has 188 valence electrons. The van der Waals surface area contributed by atoms with Crippen LogP contribution in [0.3, 0.4) is 0 Å². The fourth-order valence-corrected chi connectivity index (χ4v) is 4.65. The summed E-state index contributed by atoms with van der Waals surface area (Å²) < 4.78 is 27.3. The Balaban J connectivity index is 1.72. The summed E-state index contributed by atoms with van der Waals surface area (Å²) in [5, 5.41) is 8.18. The van der Waals surface area contributed by atoms with Crippen molar-refractivity contribution in [2.45, 2.75) is 33.3 Å². The lowest BCUT2D eigenvalue weighted by Gasteiger charge is -2.16. The summed E-state index contributed by atoms with van der Waals surface area (Å²) in [6, 6.07) is 22.7. The van der Waals surface area contributed by atoms with Gasteiger partial charge >= 0.3 is 5.97 Å². The monoisotopic (exact) mass is 497 g/mol. The van der Waals surface area contributed by atoms with E-state index in [2.05, 4.69) is 28.6 Å². The lowest BCUT2D eigenvalue weighted by Crippen LogP contribution is -2.04. The maximum atomic E-state index is 14.2. The Morgan fingerprint density at radius 1 is 1.05 bits per heavy atom. The van der Waals surface area contributed by atoms with Crippen molar-refractivity contribution in [3.8, 4) is 22.7 Å². The smallest absolute Gasteiger partial charge is 0.356 e. The van der Waals surface area contributed by atoms with Gasteiger partial charge in [0, 0.05) is 22.3 Å². The van der Waals surface area contributed by atoms with Crippen molar-refractivity contribution in [3.63, 3.8) is 0 Å². The number of rotatable bonds is 7. The molecular weight excluding hydrogens is 469 g/mol. The number of fused-ring (bicyclic) bond motifs is 1. The molecule has 5 rings (SSSR count). The molecular formula is C30H28FN3O3. The number of nitrogens with zero attached hydrogens (tertiary/aromatic N) is 2. The Morgan fingerprint density at radius 3 is 2.54 bits per heavy atom. The molecule has 0 radical (unpaired) electrons. The number of halogens is 1. The van der Waals surface area contributed by atoms with Gasteiger partial charge in [-0.25, -0.2) is 9.18 Å². The van der Waals surface area contributed by atoms with Gasteiger partial charge in [0.25, 0.3) is 0 Å². The van der Waals surface area contributed by atoms with E-state index in [1.54, 1.807) is 19.1 Å². The molecule has 3 aromatic carbocycles. The normalized spacial score (nSPS) is 11.3. The molecule has 0 saturated carbocycles. The number of hydrogen-bond acceptors (Lipinski definition) is 4. The van der Waals surface area contributed by atoms with Gasteiger partial charge in [-0.3, -0.25) is 5.10 Å². The Kier molecular flexibility index (Phi) is 6.53. The molecule has 5 aromatic rings. The molecule has 0 aliphatic rings. The first-order valence-corrected chi connectivity index (χ1v) is 12.1. The molecule has 0 bridgehead atoms. The molecule has 0 fully saturated rings. The second kappa shape index (κ2) is 9.93. The van der Waals surface area contributed by atoms with E-state index in [-0.39, 0.29) is 17.4 Å². The van der Waals surface area contributed by atoms with Crippen LogP contribution >= 0.6 is 0 Å². The second-order valence-corrected chi connectivity index (χ2v) is 9.30. The summed E-state index contributed by atoms with van der Waals surface area (Å²) in [6.45, 7) is 6.40. The molecule has 0 unspecified atom stereocenters. The van der Waals surface area contributed by atoms with Crippen LogP contribution in [0.2, 0.25) is 0 Å². The summed E-state index contributed by atoms with van der Waals surface area (Å²) in [5.41, 5.74) is 6.16. The van der Waals surface area contributed by atoms with Crippen LogP contribution in [0.25, 0.3) is 27.8 Å². The van der Waals surface area contributed by atoms with Gasteiger partial charge < -0.3 is 14.0 Å². The Labute approximate surface area is 214 Å². The zero-order chi connectivity index (χ0) is 26.1. The van der Waals surface area contributed by atoms with Crippen LogP contribution in [-0.4, -0.2) is 27.8 Å². The fourth-order valence-electron chi connectivity index (χ4n) is 4.65. The van der Waals surface area contributed by atoms with Crippen molar-refractivity contribution in [2.75, 3.05) is 7.11 Å². The number of hydrogen-bond donors (Lipinski definition) is 1. The van der Waals surface area contributed by atoms with Crippen LogP contribution in [0.4, 0.5) is 4.39 Å². The third-order valence-electron chi connectivity index (χ3n) is 6.41. The van der Waals surface area contributed by atoms with E-state index in [4.69, 9.17) is 9.47 Å². The molecule has 0 spiro atoms. The van der Waals surface area contributed by atoms with Gasteiger partial charge in [-0.05, 0) is 66.4 Å². The van der Waals surface area contributed by atoms with Gasteiger partial charge in [-0.2, -0.15) is 5.10 Å². The predicted octanol–water partition coefficient (Wildman–Crippen LogP) is 6.96. The number of aryl methyl sites for hydroxylation is 1. The van der Waals surface area contributed by atoms with Crippen LogP contribution in [0.15, 0.2) is 72.8 Å². The van der Waals surface area contributed by atoms with Crippen LogP contribution < -0.4 is 4.74 Å². The number of aromatic amines is 1. The summed E-state index contributed by atoms with van der Waals surface area (Å²) in [7, 11) is 1.33. The quantitative estimate of drug-likeness (QED) is 0.247. The van der Waals surface area contributed by atoms with Crippen LogP contribution in [0, 0.1) is 12.7 Å². The highest BCUT2D eigenvalue weighted by molar-refractivity contribution is 6.00. The van der Waals surface area contributed by atoms with Gasteiger partial charge in [0.1, 0.15) is 23.9 Å². The van der Waals surface area contributed by atoms with E-state index >= 15 is 0 Å². The standard InChI is InChI=1S/C30H28FN3O3/c1-18(2)29-28(25-16-26(33-32-25)30(35)36-4)23-15-22(37-17-20-8-6-5-7-9-20)11-13-27(23)34(29)21-10-12-24(31)19(3)14-21/h5-16,18H,17H2,1-4H3,(H,32,33). The van der Waals surface area contributed by atoms with Gasteiger partial charge in [0.05, 0.1) is 18.3 Å². The van der Waals surface area contributed by atoms with Gasteiger partial charge in [-0.1, -0.05) is 44.2 Å². The fraction of sp³-hybridized carbons (Fsp3) is 0.200. The number of esters is 1. The molecule has 7 heteroatoms. The van der Waals surface area contributed by atoms with Crippen molar-refractivity contribution >= 4 is 16.9 Å². The number of carbonyl (C=O) groups excluding carboxylic acids is 1. The van der Waals surface area contributed by atoms with Crippen LogP contribution in [-0.2, 0) is 11.3 Å². The number of aromatic nitrogens is 3. The van der Waals surface area contributed by atoms with Crippen LogP contribution in [0.1, 0.15) is 47.1 Å². The molecule has 2 aromatic heterocycles. The lowest BCUT2D eigenvalue weighted by molar-refractivity contribution is 0.0594. The first-order valence-electron chi connectivity index (χ1n) is 12.1. The summed E-state index contributed by atoms with van der Waals surface area (Å²) in [4.78, 5) is 12.2. The zero-order valence-corrected chi connectivity index (χ0v) is 21.2. The van der Waals surface area contributed by atoms with E-state index < -0.39 is 5.97 Å². The Hall–Kier alpha value is -4.39. The van der Waals surface area contributed by atoms with E-state index in [1.165, 1.54) is 13.2 Å². The number of carbonyl (C=O) groups is 1. The van der Waals surface area contributed by atoms with E-state index in [1.807, 2.05) is 54.6 Å². The van der Waals surface area contributed by atoms with Crippen molar-refractivity contribution in [1.82, 2.24) is 14.8 Å². The van der Waals surface area contributed by atoms with E-state index in [0.717, 1.165) is 33.4 Å². The summed E-state index contributed by atoms with van der Waals surface area (Å²) in [6.07, 6.45) is 0. The molecule has 0 aliphatic carbocycles. The minimum atomic E-state index is -0.491. The third kappa shape index (κ3) is 4.60. The largest absolute Gasteiger partial charge is 0.489 e. The molecule has 6 nitrogen and oxygen atoms in total. The predicted molar refractivity (Wildman–Crippen MR) is 142 cm³/mol. The molecule has 2 heterocycles. The topological polar surface area (TPSA) is 69.1 Å². The number of nitrogens with one attached hydrogen (secondary N) is 1. The minimum absolute atomic E-state index is 0.0831. The van der Waals surface area contributed by atoms with E-state index in [9.17, 15) is 9.18 Å². The number of benzene rings is 3. The van der Waals surface area contributed by atoms with Crippen molar-refractivity contribution in [1.29, 1.82) is 0 Å². The number of ether oxygens (including phenoxy) is 2. The number of methoxy groups -OCH3 is 1. The van der Waals surface area contributed by atoms with Crippen molar-refractivity contribution in [2.24, 2.45) is 0 Å². The second-order valence-electron chi connectivity index (χ2n) is 9.30. The minimum Gasteiger partial charge on any atom is -0.489 e. The van der Waals surface area contributed by atoms with Crippen LogP contribution in [0.5, 0.6) is 5.75 Å². The summed E-state index contributed by atoms with van der Waals surface area (Å²) in [5.74, 6) is 0.0524. The highest BCUT2D eigenvalue weighted by Gasteiger charge is 2.25. The van der Waals surface area contributed by atoms with Crippen molar-refractivity contribution in [3.05, 3.63) is 101 Å². The molecule has 1 N–H and O–H groups in total. The average molecular weight is 498 g/mol. The summed E-state index contributed by atoms with van der Waals surface area (Å²) >= 11 is 0. The first kappa shape index (κ1) is 24.3. The molecule has 0 atom stereocenters. The number of H-pyrrole nitrogens is 1. The van der Waals surface area contributed by atoms with E-state index in [0.29, 0.717) is 23.6 Å². The molecule has 0 aliphatic heterocycles. The highest BCUT2D eigenvalue weighted by Crippen LogP contribution is 2.41. The van der Waals surface area contributed by atoms with Gasteiger partial charge in [0.2, 0.25) is 0 Å². The maximum Gasteiger partial charge on any atom is 0.356 e. The molecule has 37 heavy (non-hydrogen) atoms. The lowest BCUT2D eigenvalue weighted by atomic mass is 10.00.